The highest BCUT2D eigenvalue weighted by Crippen LogP contribution is 2.50. The summed E-state index contributed by atoms with van der Waals surface area (Å²) in [4.78, 5) is 26.2. The number of hydrogen-bond donors (Lipinski definition) is 0. The number of halogens is 1. The summed E-state index contributed by atoms with van der Waals surface area (Å²) < 4.78 is 18.2. The molecule has 5 nitrogen and oxygen atoms in total. The Kier molecular flexibility index (Phi) is 6.70. The number of carbonyl (C=O) groups excluding carboxylic acids is 2. The molecule has 0 saturated carbocycles. The molecule has 6 heteroatoms. The van der Waals surface area contributed by atoms with Crippen molar-refractivity contribution in [2.45, 2.75) is 64.9 Å². The maximum absolute atomic E-state index is 13.1. The Labute approximate surface area is 210 Å². The minimum Gasteiger partial charge on any atom is -0.490 e. The molecule has 0 amide bonds. The van der Waals surface area contributed by atoms with Crippen LogP contribution in [0.4, 0.5) is 0 Å². The number of ketones is 2. The van der Waals surface area contributed by atoms with Crippen LogP contribution in [0.5, 0.6) is 11.5 Å². The van der Waals surface area contributed by atoms with Gasteiger partial charge in [0, 0.05) is 42.7 Å². The Hall–Kier alpha value is -3.05. The molecule has 0 radical (unpaired) electrons. The normalized spacial score (nSPS) is 18.3. The van der Waals surface area contributed by atoms with E-state index in [4.69, 9.17) is 25.8 Å². The molecule has 5 rings (SSSR count). The molecule has 0 aromatic heterocycles. The number of benzene rings is 2. The van der Waals surface area contributed by atoms with Crippen molar-refractivity contribution in [3.05, 3.63) is 80.8 Å². The lowest BCUT2D eigenvalue weighted by Crippen LogP contribution is -2.30. The molecule has 0 fully saturated rings. The molecule has 0 spiro atoms. The first-order chi connectivity index (χ1) is 17.0. The fourth-order valence-electron chi connectivity index (χ4n) is 5.15. The number of ether oxygens (including phenoxy) is 3. The van der Waals surface area contributed by atoms with Gasteiger partial charge in [0.25, 0.3) is 0 Å². The Balaban J connectivity index is 1.56. The standard InChI is InChI=1S/C29H29ClO5/c1-3-33-25-15-19(14-20(30)29(25)34-16-18-12-10-17(2)11-13-18)26-27-21(31)6-4-8-23(27)35-24-9-5-7-22(32)28(24)26/h10-15,26H,3-9,16H2,1-2H3. The fourth-order valence-corrected chi connectivity index (χ4v) is 5.42. The second-order valence-corrected chi connectivity index (χ2v) is 9.71. The summed E-state index contributed by atoms with van der Waals surface area (Å²) in [5.74, 6) is 1.95. The highest BCUT2D eigenvalue weighted by Gasteiger charge is 2.42. The SMILES string of the molecule is CCOc1cc(C2C3=C(CCCC3=O)OC3=C2C(=O)CCC3)cc(Cl)c1OCc1ccc(C)cc1. The predicted molar refractivity (Wildman–Crippen MR) is 134 cm³/mol. The fraction of sp³-hybridized carbons (Fsp3) is 0.379. The van der Waals surface area contributed by atoms with Gasteiger partial charge in [0.05, 0.1) is 11.6 Å². The summed E-state index contributed by atoms with van der Waals surface area (Å²) in [6.07, 6.45) is 3.84. The van der Waals surface area contributed by atoms with E-state index in [-0.39, 0.29) is 11.6 Å². The van der Waals surface area contributed by atoms with Crippen LogP contribution in [-0.2, 0) is 20.9 Å². The lowest BCUT2D eigenvalue weighted by Gasteiger charge is -2.36. The summed E-state index contributed by atoms with van der Waals surface area (Å²) in [5, 5.41) is 0.389. The lowest BCUT2D eigenvalue weighted by molar-refractivity contribution is -0.117. The number of rotatable bonds is 6. The van der Waals surface area contributed by atoms with Crippen LogP contribution in [0.1, 0.15) is 68.1 Å². The molecule has 182 valence electrons. The highest BCUT2D eigenvalue weighted by atomic mass is 35.5. The van der Waals surface area contributed by atoms with Crippen molar-refractivity contribution in [1.82, 2.24) is 0 Å². The number of Topliss-reactive ketones (excluding diaryl/α,β-unsaturated/α-hetero) is 2. The van der Waals surface area contributed by atoms with Gasteiger partial charge in [-0.05, 0) is 49.9 Å². The molecule has 3 aliphatic rings. The minimum absolute atomic E-state index is 0.0370. The van der Waals surface area contributed by atoms with Crippen molar-refractivity contribution in [3.63, 3.8) is 0 Å². The summed E-state index contributed by atoms with van der Waals surface area (Å²) >= 11 is 6.77. The van der Waals surface area contributed by atoms with Crippen LogP contribution in [-0.4, -0.2) is 18.2 Å². The van der Waals surface area contributed by atoms with Gasteiger partial charge in [-0.1, -0.05) is 41.4 Å². The number of aryl methyl sites for hydroxylation is 1. The van der Waals surface area contributed by atoms with Crippen LogP contribution in [0.3, 0.4) is 0 Å². The second kappa shape index (κ2) is 9.90. The van der Waals surface area contributed by atoms with E-state index in [9.17, 15) is 9.59 Å². The zero-order chi connectivity index (χ0) is 24.5. The lowest BCUT2D eigenvalue weighted by atomic mass is 9.73. The summed E-state index contributed by atoms with van der Waals surface area (Å²) in [7, 11) is 0. The molecule has 2 aliphatic carbocycles. The Morgan fingerprint density at radius 2 is 1.54 bits per heavy atom. The first kappa shape index (κ1) is 23.7. The molecule has 35 heavy (non-hydrogen) atoms. The van der Waals surface area contributed by atoms with Gasteiger partial charge in [-0.2, -0.15) is 0 Å². The van der Waals surface area contributed by atoms with E-state index in [1.165, 1.54) is 5.56 Å². The van der Waals surface area contributed by atoms with Crippen LogP contribution in [0.15, 0.2) is 59.1 Å². The van der Waals surface area contributed by atoms with Crippen LogP contribution in [0, 0.1) is 6.92 Å². The monoisotopic (exact) mass is 492 g/mol. The Bertz CT molecular complexity index is 1200. The molecular formula is C29H29ClO5. The smallest absolute Gasteiger partial charge is 0.180 e. The number of allylic oxidation sites excluding steroid dienone is 4. The molecule has 0 atom stereocenters. The third-order valence-electron chi connectivity index (χ3n) is 6.81. The van der Waals surface area contributed by atoms with Crippen LogP contribution in [0.2, 0.25) is 5.02 Å². The van der Waals surface area contributed by atoms with Crippen molar-refractivity contribution in [2.24, 2.45) is 0 Å². The number of carbonyl (C=O) groups is 2. The van der Waals surface area contributed by atoms with Crippen LogP contribution < -0.4 is 9.47 Å². The molecule has 0 unspecified atom stereocenters. The zero-order valence-corrected chi connectivity index (χ0v) is 20.9. The summed E-state index contributed by atoms with van der Waals surface area (Å²) in [5.41, 5.74) is 4.15. The molecule has 0 saturated heterocycles. The van der Waals surface area contributed by atoms with E-state index in [0.29, 0.717) is 78.1 Å². The highest BCUT2D eigenvalue weighted by molar-refractivity contribution is 6.32. The number of hydrogen-bond acceptors (Lipinski definition) is 5. The third-order valence-corrected chi connectivity index (χ3v) is 7.09. The van der Waals surface area contributed by atoms with E-state index >= 15 is 0 Å². The van der Waals surface area contributed by atoms with E-state index in [2.05, 4.69) is 0 Å². The summed E-state index contributed by atoms with van der Waals surface area (Å²) in [6, 6.07) is 11.8. The Morgan fingerprint density at radius 3 is 2.14 bits per heavy atom. The quantitative estimate of drug-likeness (QED) is 0.446. The van der Waals surface area contributed by atoms with Gasteiger partial charge in [0.15, 0.2) is 23.1 Å². The molecule has 1 aliphatic heterocycles. The largest absolute Gasteiger partial charge is 0.490 e. The van der Waals surface area contributed by atoms with E-state index in [1.807, 2.05) is 50.2 Å². The molecule has 2 aromatic rings. The second-order valence-electron chi connectivity index (χ2n) is 9.30. The van der Waals surface area contributed by atoms with Gasteiger partial charge in [0.1, 0.15) is 18.1 Å². The van der Waals surface area contributed by atoms with Gasteiger partial charge in [-0.15, -0.1) is 0 Å². The van der Waals surface area contributed by atoms with Crippen molar-refractivity contribution in [2.75, 3.05) is 6.61 Å². The first-order valence-corrected chi connectivity index (χ1v) is 12.7. The van der Waals surface area contributed by atoms with Crippen molar-refractivity contribution in [3.8, 4) is 11.5 Å². The topological polar surface area (TPSA) is 61.8 Å². The maximum Gasteiger partial charge on any atom is 0.180 e. The first-order valence-electron chi connectivity index (χ1n) is 12.3. The van der Waals surface area contributed by atoms with Crippen LogP contribution >= 0.6 is 11.6 Å². The van der Waals surface area contributed by atoms with Crippen molar-refractivity contribution in [1.29, 1.82) is 0 Å². The van der Waals surface area contributed by atoms with Gasteiger partial charge < -0.3 is 14.2 Å². The van der Waals surface area contributed by atoms with E-state index in [0.717, 1.165) is 24.0 Å². The zero-order valence-electron chi connectivity index (χ0n) is 20.1. The molecule has 0 bridgehead atoms. The van der Waals surface area contributed by atoms with Crippen molar-refractivity contribution >= 4 is 23.2 Å². The predicted octanol–water partition coefficient (Wildman–Crippen LogP) is 6.75. The Morgan fingerprint density at radius 1 is 0.914 bits per heavy atom. The summed E-state index contributed by atoms with van der Waals surface area (Å²) in [6.45, 7) is 4.71. The van der Waals surface area contributed by atoms with Gasteiger partial charge in [-0.3, -0.25) is 9.59 Å². The van der Waals surface area contributed by atoms with E-state index < -0.39 is 5.92 Å². The third kappa shape index (κ3) is 4.62. The average Bonchev–Trinajstić information content (AvgIpc) is 2.84. The van der Waals surface area contributed by atoms with E-state index in [1.54, 1.807) is 0 Å². The van der Waals surface area contributed by atoms with Gasteiger partial charge in [-0.25, -0.2) is 0 Å². The molecule has 1 heterocycles. The van der Waals surface area contributed by atoms with Crippen LogP contribution in [0.25, 0.3) is 0 Å². The van der Waals surface area contributed by atoms with Gasteiger partial charge >= 0.3 is 0 Å². The van der Waals surface area contributed by atoms with Gasteiger partial charge in [0.2, 0.25) is 0 Å². The minimum atomic E-state index is -0.489. The maximum atomic E-state index is 13.1. The molecule has 2 aromatic carbocycles. The molecule has 0 N–H and O–H groups in total. The average molecular weight is 493 g/mol. The van der Waals surface area contributed by atoms with Crippen molar-refractivity contribution < 1.29 is 23.8 Å². The molecular weight excluding hydrogens is 464 g/mol.